The summed E-state index contributed by atoms with van der Waals surface area (Å²) in [5, 5.41) is 9.89. The molecule has 2 rings (SSSR count). The van der Waals surface area contributed by atoms with Gasteiger partial charge in [-0.2, -0.15) is 0 Å². The van der Waals surface area contributed by atoms with Gasteiger partial charge in [0, 0.05) is 17.1 Å². The van der Waals surface area contributed by atoms with Crippen molar-refractivity contribution >= 4 is 11.6 Å². The maximum Gasteiger partial charge on any atom is 0.319 e. The Kier molecular flexibility index (Phi) is 4.30. The van der Waals surface area contributed by atoms with Gasteiger partial charge in [-0.05, 0) is 12.1 Å². The second-order valence-electron chi connectivity index (χ2n) is 3.77. The fourth-order valence-electron chi connectivity index (χ4n) is 1.36. The van der Waals surface area contributed by atoms with Crippen LogP contribution in [0.2, 0.25) is 5.02 Å². The highest BCUT2D eigenvalue weighted by molar-refractivity contribution is 6.30. The zero-order valence-electron chi connectivity index (χ0n) is 9.58. The fraction of sp³-hybridized carbons (Fsp3) is 0.333. The van der Waals surface area contributed by atoms with Crippen molar-refractivity contribution in [2.45, 2.75) is 12.4 Å². The molecule has 0 aliphatic carbocycles. The Labute approximate surface area is 110 Å². The van der Waals surface area contributed by atoms with E-state index in [-0.39, 0.29) is 19.1 Å². The van der Waals surface area contributed by atoms with Crippen LogP contribution in [0.5, 0.6) is 0 Å². The van der Waals surface area contributed by atoms with Gasteiger partial charge in [0.25, 0.3) is 6.29 Å². The molecule has 0 amide bonds. The molecular formula is C12H14ClNO4. The summed E-state index contributed by atoms with van der Waals surface area (Å²) in [5.41, 5.74) is 6.08. The molecule has 1 heterocycles. The van der Waals surface area contributed by atoms with Crippen molar-refractivity contribution in [3.63, 3.8) is 0 Å². The van der Waals surface area contributed by atoms with Crippen LogP contribution in [-0.4, -0.2) is 24.4 Å². The van der Waals surface area contributed by atoms with Gasteiger partial charge in [0.05, 0.1) is 0 Å². The summed E-state index contributed by atoms with van der Waals surface area (Å²) >= 11 is 5.79. The van der Waals surface area contributed by atoms with Crippen molar-refractivity contribution in [3.05, 3.63) is 47.1 Å². The van der Waals surface area contributed by atoms with Crippen molar-refractivity contribution in [1.29, 1.82) is 0 Å². The number of aliphatic hydroxyl groups is 1. The SMILES string of the molecule is NC[C@@H](O)COC1=COC(c2ccc(Cl)cc2)O1. The van der Waals surface area contributed by atoms with E-state index >= 15 is 0 Å². The van der Waals surface area contributed by atoms with Gasteiger partial charge >= 0.3 is 5.95 Å². The summed E-state index contributed by atoms with van der Waals surface area (Å²) in [6.45, 7) is 0.202. The van der Waals surface area contributed by atoms with E-state index in [0.29, 0.717) is 5.02 Å². The molecule has 5 nitrogen and oxygen atoms in total. The predicted molar refractivity (Wildman–Crippen MR) is 65.5 cm³/mol. The first-order chi connectivity index (χ1) is 8.69. The third-order valence-electron chi connectivity index (χ3n) is 2.34. The topological polar surface area (TPSA) is 73.9 Å². The van der Waals surface area contributed by atoms with Gasteiger partial charge in [0.15, 0.2) is 6.26 Å². The summed E-state index contributed by atoms with van der Waals surface area (Å²) in [5.74, 6) is 0.224. The zero-order valence-corrected chi connectivity index (χ0v) is 10.3. The minimum absolute atomic E-state index is 0.0685. The van der Waals surface area contributed by atoms with Crippen molar-refractivity contribution in [3.8, 4) is 0 Å². The number of nitrogens with two attached hydrogens (primary N) is 1. The van der Waals surface area contributed by atoms with Crippen LogP contribution in [0.15, 0.2) is 36.5 Å². The Bertz CT molecular complexity index is 421. The molecule has 1 aromatic rings. The second kappa shape index (κ2) is 5.95. The van der Waals surface area contributed by atoms with E-state index in [9.17, 15) is 5.11 Å². The molecule has 0 fully saturated rings. The molecule has 1 unspecified atom stereocenters. The lowest BCUT2D eigenvalue weighted by Crippen LogP contribution is -2.25. The van der Waals surface area contributed by atoms with Gasteiger partial charge in [0.2, 0.25) is 0 Å². The summed E-state index contributed by atoms with van der Waals surface area (Å²) in [4.78, 5) is 0. The van der Waals surface area contributed by atoms with Crippen molar-refractivity contribution in [2.24, 2.45) is 5.73 Å². The average Bonchev–Trinajstić information content (AvgIpc) is 2.85. The van der Waals surface area contributed by atoms with Crippen LogP contribution in [-0.2, 0) is 14.2 Å². The number of hydrogen-bond donors (Lipinski definition) is 2. The molecule has 1 aromatic carbocycles. The third-order valence-corrected chi connectivity index (χ3v) is 2.60. The number of benzene rings is 1. The lowest BCUT2D eigenvalue weighted by atomic mass is 10.2. The molecule has 0 saturated carbocycles. The Balaban J connectivity index is 1.85. The highest BCUT2D eigenvalue weighted by Gasteiger charge is 2.23. The monoisotopic (exact) mass is 271 g/mol. The summed E-state index contributed by atoms with van der Waals surface area (Å²) < 4.78 is 15.9. The molecule has 1 aliphatic heterocycles. The summed E-state index contributed by atoms with van der Waals surface area (Å²) in [7, 11) is 0. The van der Waals surface area contributed by atoms with E-state index in [0.717, 1.165) is 5.56 Å². The second-order valence-corrected chi connectivity index (χ2v) is 4.21. The Morgan fingerprint density at radius 3 is 2.78 bits per heavy atom. The van der Waals surface area contributed by atoms with Crippen LogP contribution in [0.3, 0.4) is 0 Å². The first-order valence-corrected chi connectivity index (χ1v) is 5.85. The van der Waals surface area contributed by atoms with Crippen LogP contribution in [0.25, 0.3) is 0 Å². The van der Waals surface area contributed by atoms with E-state index in [1.54, 1.807) is 24.3 Å². The van der Waals surface area contributed by atoms with E-state index in [2.05, 4.69) is 0 Å². The molecule has 0 bridgehead atoms. The summed E-state index contributed by atoms with van der Waals surface area (Å²) in [6, 6.07) is 7.11. The highest BCUT2D eigenvalue weighted by Crippen LogP contribution is 2.29. The molecule has 3 N–H and O–H groups in total. The number of ether oxygens (including phenoxy) is 3. The van der Waals surface area contributed by atoms with Crippen molar-refractivity contribution in [1.82, 2.24) is 0 Å². The van der Waals surface area contributed by atoms with Crippen LogP contribution in [0.4, 0.5) is 0 Å². The van der Waals surface area contributed by atoms with Gasteiger partial charge in [-0.3, -0.25) is 0 Å². The Morgan fingerprint density at radius 2 is 2.11 bits per heavy atom. The number of halogens is 1. The molecule has 1 aliphatic rings. The number of hydrogen-bond acceptors (Lipinski definition) is 5. The molecule has 0 saturated heterocycles. The molecule has 98 valence electrons. The van der Waals surface area contributed by atoms with Crippen LogP contribution in [0.1, 0.15) is 11.9 Å². The summed E-state index contributed by atoms with van der Waals surface area (Å²) in [6.07, 6.45) is 0.0964. The standard InChI is InChI=1S/C12H14ClNO4/c13-9-3-1-8(2-4-9)12-17-7-11(18-12)16-6-10(15)5-14/h1-4,7,10,12,15H,5-6,14H2/t10-,12?/m1/s1. The first-order valence-electron chi connectivity index (χ1n) is 5.47. The van der Waals surface area contributed by atoms with Crippen LogP contribution < -0.4 is 5.73 Å². The molecule has 2 atom stereocenters. The Morgan fingerprint density at radius 1 is 1.39 bits per heavy atom. The van der Waals surface area contributed by atoms with E-state index in [4.69, 9.17) is 31.5 Å². The van der Waals surface area contributed by atoms with Crippen LogP contribution in [0, 0.1) is 0 Å². The predicted octanol–water partition coefficient (Wildman–Crippen LogP) is 1.52. The largest absolute Gasteiger partial charge is 0.460 e. The normalized spacial score (nSPS) is 19.7. The minimum Gasteiger partial charge on any atom is -0.460 e. The first kappa shape index (κ1) is 13.0. The molecule has 0 spiro atoms. The van der Waals surface area contributed by atoms with Crippen LogP contribution >= 0.6 is 11.6 Å². The Hall–Kier alpha value is -1.43. The van der Waals surface area contributed by atoms with Gasteiger partial charge in [-0.1, -0.05) is 23.7 Å². The molecule has 0 aromatic heterocycles. The zero-order chi connectivity index (χ0) is 13.0. The van der Waals surface area contributed by atoms with Gasteiger partial charge in [-0.25, -0.2) is 0 Å². The van der Waals surface area contributed by atoms with E-state index < -0.39 is 12.4 Å². The minimum atomic E-state index is -0.718. The lowest BCUT2D eigenvalue weighted by molar-refractivity contribution is -0.0817. The smallest absolute Gasteiger partial charge is 0.319 e. The third kappa shape index (κ3) is 3.29. The highest BCUT2D eigenvalue weighted by atomic mass is 35.5. The fourth-order valence-corrected chi connectivity index (χ4v) is 1.49. The van der Waals surface area contributed by atoms with Gasteiger partial charge in [-0.15, -0.1) is 0 Å². The van der Waals surface area contributed by atoms with E-state index in [1.165, 1.54) is 6.26 Å². The molecule has 18 heavy (non-hydrogen) atoms. The number of rotatable bonds is 5. The molecule has 0 radical (unpaired) electrons. The maximum atomic E-state index is 9.24. The van der Waals surface area contributed by atoms with E-state index in [1.807, 2.05) is 0 Å². The van der Waals surface area contributed by atoms with Gasteiger partial charge in [0.1, 0.15) is 12.7 Å². The van der Waals surface area contributed by atoms with Gasteiger partial charge < -0.3 is 25.1 Å². The average molecular weight is 272 g/mol. The molecular weight excluding hydrogens is 258 g/mol. The maximum absolute atomic E-state index is 9.24. The number of aliphatic hydroxyl groups excluding tert-OH is 1. The van der Waals surface area contributed by atoms with Crippen molar-refractivity contribution in [2.75, 3.05) is 13.2 Å². The quantitative estimate of drug-likeness (QED) is 0.849. The van der Waals surface area contributed by atoms with Crippen molar-refractivity contribution < 1.29 is 19.3 Å². The molecule has 6 heteroatoms. The lowest BCUT2D eigenvalue weighted by Gasteiger charge is -2.13.